The van der Waals surface area contributed by atoms with Crippen molar-refractivity contribution in [2.24, 2.45) is 0 Å². The van der Waals surface area contributed by atoms with E-state index in [-0.39, 0.29) is 17.2 Å². The molecule has 0 saturated carbocycles. The van der Waals surface area contributed by atoms with E-state index in [1.165, 1.54) is 25.5 Å². The van der Waals surface area contributed by atoms with Gasteiger partial charge in [0.25, 0.3) is 5.91 Å². The summed E-state index contributed by atoms with van der Waals surface area (Å²) in [6.45, 7) is -0.124. The minimum absolute atomic E-state index is 0.124. The molecule has 1 atom stereocenters. The van der Waals surface area contributed by atoms with Crippen LogP contribution in [0.1, 0.15) is 21.4 Å². The Kier molecular flexibility index (Phi) is 5.61. The molecule has 0 saturated heterocycles. The average Bonchev–Trinajstić information content (AvgIpc) is 3.23. The number of rotatable bonds is 7. The summed E-state index contributed by atoms with van der Waals surface area (Å²) in [5, 5.41) is 1.64. The molecule has 0 aliphatic carbocycles. The van der Waals surface area contributed by atoms with E-state index in [4.69, 9.17) is 9.15 Å². The first-order valence-corrected chi connectivity index (χ1v) is 9.81. The van der Waals surface area contributed by atoms with Gasteiger partial charge in [0.1, 0.15) is 16.8 Å². The maximum atomic E-state index is 13.0. The van der Waals surface area contributed by atoms with Gasteiger partial charge in [0.15, 0.2) is 9.84 Å². The van der Waals surface area contributed by atoms with Crippen LogP contribution in [0.15, 0.2) is 82.3 Å². The first-order chi connectivity index (χ1) is 13.0. The Morgan fingerprint density at radius 1 is 1.07 bits per heavy atom. The van der Waals surface area contributed by atoms with Gasteiger partial charge in [-0.15, -0.1) is 0 Å². The molecule has 2 aromatic carbocycles. The summed E-state index contributed by atoms with van der Waals surface area (Å²) in [4.78, 5) is 12.6. The van der Waals surface area contributed by atoms with Gasteiger partial charge in [0.05, 0.1) is 18.3 Å². The minimum atomic E-state index is -3.75. The molecule has 0 aliphatic heterocycles. The van der Waals surface area contributed by atoms with Gasteiger partial charge in [0.2, 0.25) is 0 Å². The molecule has 27 heavy (non-hydrogen) atoms. The molecule has 1 amide bonds. The van der Waals surface area contributed by atoms with Gasteiger partial charge < -0.3 is 14.5 Å². The fourth-order valence-electron chi connectivity index (χ4n) is 2.66. The zero-order chi connectivity index (χ0) is 19.3. The number of carbonyl (C=O) groups excluding carboxylic acids is 1. The van der Waals surface area contributed by atoms with E-state index < -0.39 is 21.0 Å². The van der Waals surface area contributed by atoms with Crippen LogP contribution in [0.4, 0.5) is 0 Å². The van der Waals surface area contributed by atoms with Crippen LogP contribution in [-0.2, 0) is 9.84 Å². The van der Waals surface area contributed by atoms with E-state index in [0.717, 1.165) is 0 Å². The lowest BCUT2D eigenvalue weighted by Crippen LogP contribution is -2.31. The molecular weight excluding hydrogens is 366 g/mol. The molecule has 7 heteroatoms. The van der Waals surface area contributed by atoms with Gasteiger partial charge in [0, 0.05) is 12.1 Å². The molecule has 6 nitrogen and oxygen atoms in total. The van der Waals surface area contributed by atoms with Gasteiger partial charge in [-0.1, -0.05) is 24.3 Å². The van der Waals surface area contributed by atoms with E-state index >= 15 is 0 Å². The monoisotopic (exact) mass is 385 g/mol. The molecule has 1 heterocycles. The van der Waals surface area contributed by atoms with E-state index in [1.54, 1.807) is 54.6 Å². The van der Waals surface area contributed by atoms with Crippen molar-refractivity contribution in [2.75, 3.05) is 13.7 Å². The normalized spacial score (nSPS) is 12.3. The number of methoxy groups -OCH3 is 1. The number of carbonyl (C=O) groups is 1. The van der Waals surface area contributed by atoms with Crippen LogP contribution in [0.3, 0.4) is 0 Å². The van der Waals surface area contributed by atoms with Crippen LogP contribution >= 0.6 is 0 Å². The molecule has 0 unspecified atom stereocenters. The SMILES string of the molecule is COc1cccc(C(=O)NC[C@@H](c2ccco2)S(=O)(=O)c2ccccc2)c1. The molecule has 0 radical (unpaired) electrons. The Balaban J connectivity index is 1.84. The fraction of sp³-hybridized carbons (Fsp3) is 0.150. The van der Waals surface area contributed by atoms with Gasteiger partial charge in [-0.05, 0) is 42.5 Å². The summed E-state index contributed by atoms with van der Waals surface area (Å²) < 4.78 is 36.5. The van der Waals surface area contributed by atoms with Gasteiger partial charge in [-0.2, -0.15) is 0 Å². The van der Waals surface area contributed by atoms with Crippen molar-refractivity contribution in [1.29, 1.82) is 0 Å². The third-order valence-electron chi connectivity index (χ3n) is 4.09. The Hall–Kier alpha value is -3.06. The molecule has 0 aliphatic rings. The van der Waals surface area contributed by atoms with Crippen LogP contribution in [0.5, 0.6) is 5.75 Å². The number of hydrogen-bond donors (Lipinski definition) is 1. The van der Waals surface area contributed by atoms with Crippen molar-refractivity contribution in [2.45, 2.75) is 10.1 Å². The average molecular weight is 385 g/mol. The maximum Gasteiger partial charge on any atom is 0.251 e. The highest BCUT2D eigenvalue weighted by molar-refractivity contribution is 7.91. The Bertz CT molecular complexity index is 998. The Morgan fingerprint density at radius 3 is 2.52 bits per heavy atom. The van der Waals surface area contributed by atoms with Crippen LogP contribution in [0.2, 0.25) is 0 Å². The molecule has 0 spiro atoms. The van der Waals surface area contributed by atoms with Crippen LogP contribution in [-0.4, -0.2) is 28.0 Å². The topological polar surface area (TPSA) is 85.6 Å². The zero-order valence-electron chi connectivity index (χ0n) is 14.7. The molecular formula is C20H19NO5S. The fourth-order valence-corrected chi connectivity index (χ4v) is 4.27. The predicted molar refractivity (Wildman–Crippen MR) is 100 cm³/mol. The highest BCUT2D eigenvalue weighted by Crippen LogP contribution is 2.28. The number of hydrogen-bond acceptors (Lipinski definition) is 5. The lowest BCUT2D eigenvalue weighted by Gasteiger charge is -2.17. The highest BCUT2D eigenvalue weighted by atomic mass is 32.2. The summed E-state index contributed by atoms with van der Waals surface area (Å²) in [5.41, 5.74) is 0.379. The number of benzene rings is 2. The van der Waals surface area contributed by atoms with E-state index in [9.17, 15) is 13.2 Å². The number of sulfone groups is 1. The summed E-state index contributed by atoms with van der Waals surface area (Å²) in [6, 6.07) is 17.9. The number of nitrogens with one attached hydrogen (secondary N) is 1. The second kappa shape index (κ2) is 8.09. The van der Waals surface area contributed by atoms with E-state index in [0.29, 0.717) is 11.3 Å². The van der Waals surface area contributed by atoms with Crippen molar-refractivity contribution in [3.05, 3.63) is 84.3 Å². The maximum absolute atomic E-state index is 13.0. The summed E-state index contributed by atoms with van der Waals surface area (Å²) in [7, 11) is -2.24. The highest BCUT2D eigenvalue weighted by Gasteiger charge is 2.31. The van der Waals surface area contributed by atoms with Crippen LogP contribution in [0, 0.1) is 0 Å². The third kappa shape index (κ3) is 4.20. The molecule has 1 aromatic heterocycles. The predicted octanol–water partition coefficient (Wildman–Crippen LogP) is 3.23. The smallest absolute Gasteiger partial charge is 0.251 e. The molecule has 0 fully saturated rings. The number of amides is 1. The number of furan rings is 1. The van der Waals surface area contributed by atoms with Crippen molar-refractivity contribution < 1.29 is 22.4 Å². The molecule has 0 bridgehead atoms. The zero-order valence-corrected chi connectivity index (χ0v) is 15.5. The van der Waals surface area contributed by atoms with Gasteiger partial charge in [-0.3, -0.25) is 4.79 Å². The van der Waals surface area contributed by atoms with Crippen molar-refractivity contribution in [3.63, 3.8) is 0 Å². The number of ether oxygens (including phenoxy) is 1. The Morgan fingerprint density at radius 2 is 1.85 bits per heavy atom. The van der Waals surface area contributed by atoms with E-state index in [2.05, 4.69) is 5.32 Å². The molecule has 140 valence electrons. The van der Waals surface area contributed by atoms with Gasteiger partial charge >= 0.3 is 0 Å². The molecule has 3 aromatic rings. The van der Waals surface area contributed by atoms with Crippen molar-refractivity contribution in [3.8, 4) is 5.75 Å². The summed E-state index contributed by atoms with van der Waals surface area (Å²) in [6.07, 6.45) is 1.41. The first kappa shape index (κ1) is 18.7. The Labute approximate surface area is 157 Å². The lowest BCUT2D eigenvalue weighted by molar-refractivity contribution is 0.0953. The second-order valence-corrected chi connectivity index (χ2v) is 7.93. The first-order valence-electron chi connectivity index (χ1n) is 8.27. The van der Waals surface area contributed by atoms with Crippen molar-refractivity contribution >= 4 is 15.7 Å². The van der Waals surface area contributed by atoms with Crippen molar-refractivity contribution in [1.82, 2.24) is 5.32 Å². The molecule has 3 rings (SSSR count). The van der Waals surface area contributed by atoms with Gasteiger partial charge in [-0.25, -0.2) is 8.42 Å². The summed E-state index contributed by atoms with van der Waals surface area (Å²) in [5.74, 6) is 0.417. The quantitative estimate of drug-likeness (QED) is 0.675. The molecule has 1 N–H and O–H groups in total. The summed E-state index contributed by atoms with van der Waals surface area (Å²) >= 11 is 0. The largest absolute Gasteiger partial charge is 0.497 e. The minimum Gasteiger partial charge on any atom is -0.497 e. The van der Waals surface area contributed by atoms with Crippen LogP contribution in [0.25, 0.3) is 0 Å². The van der Waals surface area contributed by atoms with Crippen LogP contribution < -0.4 is 10.1 Å². The third-order valence-corrected chi connectivity index (χ3v) is 6.16. The lowest BCUT2D eigenvalue weighted by atomic mass is 10.2. The van der Waals surface area contributed by atoms with E-state index in [1.807, 2.05) is 0 Å². The second-order valence-electron chi connectivity index (χ2n) is 5.80. The standard InChI is InChI=1S/C20H19NO5S/c1-25-16-8-5-7-15(13-16)20(22)21-14-19(18-11-6-12-26-18)27(23,24)17-9-3-2-4-10-17/h2-13,19H,14H2,1H3,(H,21,22)/t19-/m0/s1.